The Hall–Kier alpha value is -2.44. The highest BCUT2D eigenvalue weighted by Crippen LogP contribution is 2.13. The fourth-order valence-corrected chi connectivity index (χ4v) is 1.80. The van der Waals surface area contributed by atoms with Crippen molar-refractivity contribution in [3.8, 4) is 0 Å². The molecule has 0 aliphatic rings. The van der Waals surface area contributed by atoms with Crippen molar-refractivity contribution in [1.29, 1.82) is 0 Å². The molecule has 7 heteroatoms. The number of nitro benzene ring substituents is 1. The molecule has 1 N–H and O–H groups in total. The Morgan fingerprint density at radius 3 is 2.29 bits per heavy atom. The molecule has 0 radical (unpaired) electrons. The Balaban J connectivity index is 2.81. The van der Waals surface area contributed by atoms with Crippen LogP contribution in [0.5, 0.6) is 0 Å². The van der Waals surface area contributed by atoms with Gasteiger partial charge in [-0.05, 0) is 24.5 Å². The van der Waals surface area contributed by atoms with E-state index in [1.807, 2.05) is 13.8 Å². The average Bonchev–Trinajstić information content (AvgIpc) is 2.45. The fraction of sp³-hybridized carbons (Fsp3) is 0.429. The van der Waals surface area contributed by atoms with E-state index < -0.39 is 22.8 Å². The number of carbonyl (C=O) groups excluding carboxylic acids is 2. The second-order valence-corrected chi connectivity index (χ2v) is 4.98. The van der Waals surface area contributed by atoms with Crippen molar-refractivity contribution in [2.75, 3.05) is 7.11 Å². The minimum atomic E-state index is -0.738. The Morgan fingerprint density at radius 1 is 1.29 bits per heavy atom. The lowest BCUT2D eigenvalue weighted by atomic mass is 10.0. The number of non-ortho nitro benzene ring substituents is 1. The minimum Gasteiger partial charge on any atom is -0.467 e. The minimum absolute atomic E-state index is 0.0988. The van der Waals surface area contributed by atoms with E-state index in [0.29, 0.717) is 6.42 Å². The summed E-state index contributed by atoms with van der Waals surface area (Å²) < 4.78 is 4.66. The Labute approximate surface area is 122 Å². The van der Waals surface area contributed by atoms with E-state index >= 15 is 0 Å². The highest BCUT2D eigenvalue weighted by molar-refractivity contribution is 5.96. The van der Waals surface area contributed by atoms with Crippen LogP contribution in [0.15, 0.2) is 24.3 Å². The maximum absolute atomic E-state index is 12.0. The molecule has 0 unspecified atom stereocenters. The van der Waals surface area contributed by atoms with E-state index in [2.05, 4.69) is 10.1 Å². The molecule has 1 aromatic carbocycles. The molecule has 21 heavy (non-hydrogen) atoms. The van der Waals surface area contributed by atoms with Gasteiger partial charge in [-0.25, -0.2) is 4.79 Å². The molecule has 1 rings (SSSR count). The predicted octanol–water partition coefficient (Wildman–Crippen LogP) is 1.91. The van der Waals surface area contributed by atoms with Crippen molar-refractivity contribution < 1.29 is 19.2 Å². The van der Waals surface area contributed by atoms with Gasteiger partial charge in [-0.3, -0.25) is 14.9 Å². The van der Waals surface area contributed by atoms with Gasteiger partial charge < -0.3 is 10.1 Å². The van der Waals surface area contributed by atoms with Crippen LogP contribution in [0.2, 0.25) is 0 Å². The van der Waals surface area contributed by atoms with Gasteiger partial charge in [0.05, 0.1) is 12.0 Å². The van der Waals surface area contributed by atoms with Crippen LogP contribution < -0.4 is 5.32 Å². The van der Waals surface area contributed by atoms with E-state index in [0.717, 1.165) is 0 Å². The van der Waals surface area contributed by atoms with Crippen molar-refractivity contribution in [2.45, 2.75) is 26.3 Å². The molecule has 7 nitrogen and oxygen atoms in total. The number of esters is 1. The van der Waals surface area contributed by atoms with E-state index in [9.17, 15) is 19.7 Å². The summed E-state index contributed by atoms with van der Waals surface area (Å²) in [7, 11) is 1.26. The van der Waals surface area contributed by atoms with Gasteiger partial charge in [-0.2, -0.15) is 0 Å². The molecule has 114 valence electrons. The van der Waals surface area contributed by atoms with Crippen LogP contribution in [-0.4, -0.2) is 30.0 Å². The molecule has 0 aliphatic carbocycles. The third-order valence-electron chi connectivity index (χ3n) is 2.84. The van der Waals surface area contributed by atoms with Gasteiger partial charge >= 0.3 is 5.97 Å². The van der Waals surface area contributed by atoms with Crippen LogP contribution in [0.1, 0.15) is 30.6 Å². The number of hydrogen-bond acceptors (Lipinski definition) is 5. The number of amides is 1. The zero-order chi connectivity index (χ0) is 16.0. The van der Waals surface area contributed by atoms with Gasteiger partial charge in [0.15, 0.2) is 0 Å². The van der Waals surface area contributed by atoms with Gasteiger partial charge in [0.2, 0.25) is 0 Å². The maximum Gasteiger partial charge on any atom is 0.328 e. The number of carbonyl (C=O) groups is 2. The number of rotatable bonds is 6. The largest absolute Gasteiger partial charge is 0.467 e. The number of hydrogen-bond donors (Lipinski definition) is 1. The molecule has 0 spiro atoms. The summed E-state index contributed by atoms with van der Waals surface area (Å²) >= 11 is 0. The molecule has 0 fully saturated rings. The van der Waals surface area contributed by atoms with Crippen LogP contribution in [-0.2, 0) is 9.53 Å². The molecule has 1 amide bonds. The van der Waals surface area contributed by atoms with E-state index in [1.54, 1.807) is 0 Å². The fourth-order valence-electron chi connectivity index (χ4n) is 1.80. The summed E-state index contributed by atoms with van der Waals surface area (Å²) in [6.07, 6.45) is 0.450. The first-order valence-electron chi connectivity index (χ1n) is 6.48. The second kappa shape index (κ2) is 7.37. The average molecular weight is 294 g/mol. The number of nitro groups is 1. The number of nitrogens with zero attached hydrogens (tertiary/aromatic N) is 1. The number of nitrogens with one attached hydrogen (secondary N) is 1. The van der Waals surface area contributed by atoms with E-state index in [4.69, 9.17) is 0 Å². The third kappa shape index (κ3) is 4.87. The van der Waals surface area contributed by atoms with E-state index in [-0.39, 0.29) is 17.2 Å². The van der Waals surface area contributed by atoms with Crippen molar-refractivity contribution in [2.24, 2.45) is 5.92 Å². The molecule has 0 bridgehead atoms. The second-order valence-electron chi connectivity index (χ2n) is 4.98. The lowest BCUT2D eigenvalue weighted by Crippen LogP contribution is -2.42. The Morgan fingerprint density at radius 2 is 1.86 bits per heavy atom. The molecule has 0 saturated carbocycles. The quantitative estimate of drug-likeness (QED) is 0.491. The molecular formula is C14H18N2O5. The molecule has 0 saturated heterocycles. The first-order chi connectivity index (χ1) is 9.85. The molecule has 0 heterocycles. The Bertz CT molecular complexity index is 525. The van der Waals surface area contributed by atoms with Crippen LogP contribution in [0.3, 0.4) is 0 Å². The van der Waals surface area contributed by atoms with Gasteiger partial charge in [-0.15, -0.1) is 0 Å². The first-order valence-corrected chi connectivity index (χ1v) is 6.48. The molecule has 0 aliphatic heterocycles. The van der Waals surface area contributed by atoms with Crippen molar-refractivity contribution in [3.05, 3.63) is 39.9 Å². The predicted molar refractivity (Wildman–Crippen MR) is 75.8 cm³/mol. The summed E-state index contributed by atoms with van der Waals surface area (Å²) in [6.45, 7) is 3.85. The smallest absolute Gasteiger partial charge is 0.328 e. The van der Waals surface area contributed by atoms with Crippen molar-refractivity contribution in [1.82, 2.24) is 5.32 Å². The maximum atomic E-state index is 12.0. The van der Waals surface area contributed by atoms with Gasteiger partial charge in [-0.1, -0.05) is 13.8 Å². The molecule has 1 atom stereocenters. The monoisotopic (exact) mass is 294 g/mol. The summed E-state index contributed by atoms with van der Waals surface area (Å²) in [5.74, 6) is -0.786. The molecular weight excluding hydrogens is 276 g/mol. The highest BCUT2D eigenvalue weighted by atomic mass is 16.6. The number of benzene rings is 1. The van der Waals surface area contributed by atoms with Crippen LogP contribution in [0.4, 0.5) is 5.69 Å². The lowest BCUT2D eigenvalue weighted by Gasteiger charge is -2.18. The number of methoxy groups -OCH3 is 1. The normalized spacial score (nSPS) is 11.8. The molecule has 1 aromatic rings. The Kier molecular flexibility index (Phi) is 5.83. The highest BCUT2D eigenvalue weighted by Gasteiger charge is 2.23. The van der Waals surface area contributed by atoms with Gasteiger partial charge in [0, 0.05) is 17.7 Å². The van der Waals surface area contributed by atoms with Crippen LogP contribution in [0.25, 0.3) is 0 Å². The number of ether oxygens (including phenoxy) is 1. The van der Waals surface area contributed by atoms with Crippen molar-refractivity contribution in [3.63, 3.8) is 0 Å². The summed E-state index contributed by atoms with van der Waals surface area (Å²) in [6, 6.07) is 4.43. The topological polar surface area (TPSA) is 98.5 Å². The lowest BCUT2D eigenvalue weighted by molar-refractivity contribution is -0.384. The van der Waals surface area contributed by atoms with Crippen LogP contribution in [0, 0.1) is 16.0 Å². The van der Waals surface area contributed by atoms with Gasteiger partial charge in [0.1, 0.15) is 6.04 Å². The standard InChI is InChI=1S/C14H18N2O5/c1-9(2)8-12(14(18)21-3)15-13(17)10-4-6-11(7-5-10)16(19)20/h4-7,9,12H,8H2,1-3H3,(H,15,17)/t12-/m0/s1. The zero-order valence-electron chi connectivity index (χ0n) is 12.2. The summed E-state index contributed by atoms with van der Waals surface area (Å²) in [4.78, 5) is 33.7. The van der Waals surface area contributed by atoms with Crippen LogP contribution >= 0.6 is 0 Å². The SMILES string of the molecule is COC(=O)[C@H](CC(C)C)NC(=O)c1ccc([N+](=O)[O-])cc1. The summed E-state index contributed by atoms with van der Waals surface area (Å²) in [5.41, 5.74) is 0.150. The summed E-state index contributed by atoms with van der Waals surface area (Å²) in [5, 5.41) is 13.1. The van der Waals surface area contributed by atoms with E-state index in [1.165, 1.54) is 31.4 Å². The third-order valence-corrected chi connectivity index (χ3v) is 2.84. The molecule has 0 aromatic heterocycles. The zero-order valence-corrected chi connectivity index (χ0v) is 12.2. The van der Waals surface area contributed by atoms with Gasteiger partial charge in [0.25, 0.3) is 11.6 Å². The van der Waals surface area contributed by atoms with Crippen molar-refractivity contribution >= 4 is 17.6 Å². The first kappa shape index (κ1) is 16.6.